The van der Waals surface area contributed by atoms with Gasteiger partial charge in [0.15, 0.2) is 0 Å². The Morgan fingerprint density at radius 3 is 1.19 bits per heavy atom. The van der Waals surface area contributed by atoms with Gasteiger partial charge in [0.25, 0.3) is 11.4 Å². The molecule has 0 aliphatic carbocycles. The predicted molar refractivity (Wildman–Crippen MR) is 116 cm³/mol. The first kappa shape index (κ1) is 32.3. The Kier molecular flexibility index (Phi) is 14.5. The van der Waals surface area contributed by atoms with E-state index in [0.717, 1.165) is 0 Å². The first-order chi connectivity index (χ1) is 13.9. The van der Waals surface area contributed by atoms with E-state index in [2.05, 4.69) is 0 Å². The zero-order valence-corrected chi connectivity index (χ0v) is 20.5. The summed E-state index contributed by atoms with van der Waals surface area (Å²) >= 11 is 0. The van der Waals surface area contributed by atoms with E-state index in [9.17, 15) is 20.2 Å². The maximum Gasteiger partial charge on any atom is 1.00 e. The maximum absolute atomic E-state index is 10.7. The van der Waals surface area contributed by atoms with Gasteiger partial charge in [-0.3, -0.25) is 20.2 Å². The molecular formula is C18H25B2N2NaO9. The van der Waals surface area contributed by atoms with Gasteiger partial charge in [0, 0.05) is 23.3 Å². The van der Waals surface area contributed by atoms with E-state index in [0.29, 0.717) is 11.1 Å². The van der Waals surface area contributed by atoms with Gasteiger partial charge in [-0.1, -0.05) is 52.0 Å². The van der Waals surface area contributed by atoms with E-state index >= 15 is 0 Å². The number of nitro benzene ring substituents is 2. The Hall–Kier alpha value is -1.83. The Balaban J connectivity index is 0. The van der Waals surface area contributed by atoms with Crippen molar-refractivity contribution < 1.29 is 65.0 Å². The molecule has 168 valence electrons. The summed E-state index contributed by atoms with van der Waals surface area (Å²) in [4.78, 5) is 20.5. The molecule has 5 N–H and O–H groups in total. The molecule has 0 fully saturated rings. The summed E-state index contributed by atoms with van der Waals surface area (Å²) in [6.07, 6.45) is 0. The summed E-state index contributed by atoms with van der Waals surface area (Å²) in [6.45, 7) is 7.38. The zero-order chi connectivity index (χ0) is 23.2. The van der Waals surface area contributed by atoms with Crippen LogP contribution in [0.1, 0.15) is 50.7 Å². The van der Waals surface area contributed by atoms with Crippen LogP contribution in [-0.2, 0) is 0 Å². The van der Waals surface area contributed by atoms with Gasteiger partial charge in [-0.25, -0.2) is 0 Å². The molecule has 0 amide bonds. The fourth-order valence-electron chi connectivity index (χ4n) is 2.74. The van der Waals surface area contributed by atoms with Crippen molar-refractivity contribution in [1.29, 1.82) is 0 Å². The van der Waals surface area contributed by atoms with Crippen LogP contribution in [-0.4, -0.2) is 49.7 Å². The molecule has 0 radical (unpaired) electrons. The second kappa shape index (κ2) is 14.3. The summed E-state index contributed by atoms with van der Waals surface area (Å²) in [5, 5.41) is 57.1. The molecule has 0 aliphatic rings. The fraction of sp³-hybridized carbons (Fsp3) is 0.333. The number of hydrogen-bond acceptors (Lipinski definition) is 9. The van der Waals surface area contributed by atoms with Gasteiger partial charge in [-0.15, -0.1) is 0 Å². The van der Waals surface area contributed by atoms with Crippen molar-refractivity contribution in [1.82, 2.24) is 0 Å². The molecule has 11 nitrogen and oxygen atoms in total. The van der Waals surface area contributed by atoms with E-state index in [1.807, 2.05) is 27.7 Å². The molecule has 0 bridgehead atoms. The Morgan fingerprint density at radius 2 is 1.00 bits per heavy atom. The molecule has 0 spiro atoms. The van der Waals surface area contributed by atoms with E-state index < -0.39 is 24.1 Å². The zero-order valence-electron chi connectivity index (χ0n) is 18.5. The molecule has 0 atom stereocenters. The Morgan fingerprint density at radius 1 is 0.719 bits per heavy atom. The van der Waals surface area contributed by atoms with E-state index in [4.69, 9.17) is 20.1 Å². The van der Waals surface area contributed by atoms with Crippen LogP contribution in [0, 0.1) is 20.2 Å². The van der Waals surface area contributed by atoms with E-state index in [1.165, 1.54) is 24.3 Å². The smallest absolute Gasteiger partial charge is 0.870 e. The molecule has 0 saturated carbocycles. The number of nitrogens with zero attached hydrogens (tertiary/aromatic N) is 2. The summed E-state index contributed by atoms with van der Waals surface area (Å²) < 4.78 is 0. The minimum Gasteiger partial charge on any atom is -0.870 e. The average Bonchev–Trinajstić information content (AvgIpc) is 2.67. The van der Waals surface area contributed by atoms with Crippen molar-refractivity contribution in [2.45, 2.75) is 39.5 Å². The molecule has 14 heteroatoms. The van der Waals surface area contributed by atoms with Crippen molar-refractivity contribution >= 4 is 36.5 Å². The second-order valence-corrected chi connectivity index (χ2v) is 7.21. The number of rotatable bonds is 6. The van der Waals surface area contributed by atoms with Crippen LogP contribution in [0.15, 0.2) is 36.4 Å². The quantitative estimate of drug-likeness (QED) is 0.208. The average molecular weight is 458 g/mol. The monoisotopic (exact) mass is 458 g/mol. The third kappa shape index (κ3) is 8.96. The summed E-state index contributed by atoms with van der Waals surface area (Å²) in [7, 11) is -3.35. The number of nitro groups is 2. The number of benzene rings is 2. The van der Waals surface area contributed by atoms with Gasteiger partial charge in [-0.05, 0) is 22.8 Å². The van der Waals surface area contributed by atoms with Gasteiger partial charge in [0.05, 0.1) is 9.85 Å². The Bertz CT molecular complexity index is 839. The minimum atomic E-state index is -1.68. The van der Waals surface area contributed by atoms with Crippen LogP contribution in [0.3, 0.4) is 0 Å². The Labute approximate surface area is 208 Å². The van der Waals surface area contributed by atoms with E-state index in [-0.39, 0.29) is 69.2 Å². The second-order valence-electron chi connectivity index (χ2n) is 7.21. The third-order valence-electron chi connectivity index (χ3n) is 4.34. The summed E-state index contributed by atoms with van der Waals surface area (Å²) in [5.74, 6) is 0.0468. The van der Waals surface area contributed by atoms with Crippen molar-refractivity contribution in [3.63, 3.8) is 0 Å². The number of hydrogen-bond donors (Lipinski definition) is 4. The van der Waals surface area contributed by atoms with Crippen LogP contribution >= 0.6 is 0 Å². The SMILES string of the molecule is CC(C)c1ccc(B(O)O)cc1[N+](=O)[O-].CC(C)c1ccc(B(O)O)cc1[N+](=O)[O-].[Na+].[OH-]. The molecule has 0 unspecified atom stereocenters. The van der Waals surface area contributed by atoms with Crippen molar-refractivity contribution in [3.8, 4) is 0 Å². The van der Waals surface area contributed by atoms with Crippen molar-refractivity contribution in [2.75, 3.05) is 0 Å². The van der Waals surface area contributed by atoms with Gasteiger partial charge in [0.1, 0.15) is 0 Å². The van der Waals surface area contributed by atoms with Crippen molar-refractivity contribution in [2.24, 2.45) is 0 Å². The van der Waals surface area contributed by atoms with Crippen LogP contribution in [0.2, 0.25) is 0 Å². The van der Waals surface area contributed by atoms with Crippen LogP contribution in [0.4, 0.5) is 11.4 Å². The topological polar surface area (TPSA) is 197 Å². The molecule has 0 heterocycles. The summed E-state index contributed by atoms with van der Waals surface area (Å²) in [5.41, 5.74) is 1.29. The molecule has 0 aromatic heterocycles. The third-order valence-corrected chi connectivity index (χ3v) is 4.34. The van der Waals surface area contributed by atoms with Crippen LogP contribution < -0.4 is 40.5 Å². The van der Waals surface area contributed by atoms with Gasteiger partial charge in [0.2, 0.25) is 0 Å². The molecule has 2 rings (SSSR count). The first-order valence-electron chi connectivity index (χ1n) is 9.15. The molecule has 0 saturated heterocycles. The first-order valence-corrected chi connectivity index (χ1v) is 9.15. The molecule has 0 aliphatic heterocycles. The molecular weight excluding hydrogens is 433 g/mol. The predicted octanol–water partition coefficient (Wildman–Crippen LogP) is -2.38. The van der Waals surface area contributed by atoms with E-state index in [1.54, 1.807) is 12.1 Å². The van der Waals surface area contributed by atoms with Crippen LogP contribution in [0.5, 0.6) is 0 Å². The fourth-order valence-corrected chi connectivity index (χ4v) is 2.74. The van der Waals surface area contributed by atoms with Crippen LogP contribution in [0.25, 0.3) is 0 Å². The standard InChI is InChI=1S/2C9H12BNO4.Na.H2O/c2*1-6(2)8-4-3-7(10(12)13)5-9(8)11(14)15;;/h2*3-6,12-13H,1-2H3;;1H2/q;;+1;/p-1. The minimum absolute atomic E-state index is 0. The van der Waals surface area contributed by atoms with Crippen molar-refractivity contribution in [3.05, 3.63) is 67.8 Å². The largest absolute Gasteiger partial charge is 1.00 e. The molecule has 2 aromatic carbocycles. The van der Waals surface area contributed by atoms with Gasteiger partial charge in [-0.2, -0.15) is 0 Å². The summed E-state index contributed by atoms with van der Waals surface area (Å²) in [6, 6.07) is 8.45. The van der Waals surface area contributed by atoms with Gasteiger partial charge < -0.3 is 25.6 Å². The normalized spacial score (nSPS) is 9.81. The maximum atomic E-state index is 10.7. The molecule has 32 heavy (non-hydrogen) atoms. The molecule has 2 aromatic rings. The van der Waals surface area contributed by atoms with Gasteiger partial charge >= 0.3 is 43.8 Å².